The van der Waals surface area contributed by atoms with Gasteiger partial charge in [-0.15, -0.1) is 0 Å². The zero-order valence-corrected chi connectivity index (χ0v) is 14.4. The Hall–Kier alpha value is -3.48. The van der Waals surface area contributed by atoms with E-state index < -0.39 is 5.91 Å². The molecule has 1 N–H and O–H groups in total. The summed E-state index contributed by atoms with van der Waals surface area (Å²) in [5, 5.41) is 0.431. The molecule has 2 heterocycles. The lowest BCUT2D eigenvalue weighted by atomic mass is 10.0. The van der Waals surface area contributed by atoms with Crippen LogP contribution in [-0.4, -0.2) is 39.8 Å². The second-order valence-corrected chi connectivity index (χ2v) is 6.43. The Morgan fingerprint density at radius 2 is 1.78 bits per heavy atom. The number of fused-ring (bicyclic) bond motifs is 1. The van der Waals surface area contributed by atoms with E-state index in [4.69, 9.17) is 4.74 Å². The molecule has 1 saturated heterocycles. The maximum Gasteiger partial charge on any atom is 0.312 e. The molecular formula is C20H17N3O4. The molecule has 3 aromatic rings. The number of aromatic amines is 1. The van der Waals surface area contributed by atoms with Crippen LogP contribution >= 0.6 is 0 Å². The summed E-state index contributed by atoms with van der Waals surface area (Å²) in [5.41, 5.74) is 1.02. The molecule has 1 fully saturated rings. The number of hydrogen-bond donors (Lipinski definition) is 1. The molecule has 0 unspecified atom stereocenters. The lowest BCUT2D eigenvalue weighted by molar-refractivity contribution is -0.154. The first-order chi connectivity index (χ1) is 13.1. The van der Waals surface area contributed by atoms with E-state index in [2.05, 4.69) is 9.97 Å². The molecule has 1 aromatic heterocycles. The van der Waals surface area contributed by atoms with Gasteiger partial charge in [0.15, 0.2) is 5.82 Å². The number of carbonyl (C=O) groups is 2. The van der Waals surface area contributed by atoms with Crippen molar-refractivity contribution in [2.45, 2.75) is 6.61 Å². The van der Waals surface area contributed by atoms with E-state index in [0.717, 1.165) is 5.56 Å². The highest BCUT2D eigenvalue weighted by Crippen LogP contribution is 2.20. The fourth-order valence-electron chi connectivity index (χ4n) is 2.98. The third-order valence-corrected chi connectivity index (χ3v) is 4.54. The molecule has 1 aliphatic rings. The molecule has 0 radical (unpaired) electrons. The first kappa shape index (κ1) is 17.0. The second-order valence-electron chi connectivity index (χ2n) is 6.43. The number of rotatable bonds is 4. The van der Waals surface area contributed by atoms with E-state index in [1.807, 2.05) is 30.3 Å². The van der Waals surface area contributed by atoms with Crippen molar-refractivity contribution >= 4 is 22.8 Å². The van der Waals surface area contributed by atoms with E-state index in [9.17, 15) is 14.4 Å². The Balaban J connectivity index is 1.37. The number of amides is 1. The molecule has 0 aliphatic carbocycles. The maximum absolute atomic E-state index is 12.5. The van der Waals surface area contributed by atoms with Gasteiger partial charge in [0, 0.05) is 13.1 Å². The zero-order chi connectivity index (χ0) is 18.8. The summed E-state index contributed by atoms with van der Waals surface area (Å²) >= 11 is 0. The monoisotopic (exact) mass is 363 g/mol. The third kappa shape index (κ3) is 3.44. The first-order valence-corrected chi connectivity index (χ1v) is 8.61. The van der Waals surface area contributed by atoms with E-state index >= 15 is 0 Å². The number of likely N-dealkylation sites (tertiary alicyclic amines) is 1. The maximum atomic E-state index is 12.5. The van der Waals surface area contributed by atoms with Gasteiger partial charge in [0.25, 0.3) is 11.5 Å². The van der Waals surface area contributed by atoms with E-state index in [-0.39, 0.29) is 43.0 Å². The molecule has 0 atom stereocenters. The highest BCUT2D eigenvalue weighted by atomic mass is 16.5. The van der Waals surface area contributed by atoms with E-state index in [1.165, 1.54) is 4.90 Å². The Labute approximate surface area is 154 Å². The van der Waals surface area contributed by atoms with Crippen LogP contribution in [0.5, 0.6) is 0 Å². The number of hydrogen-bond acceptors (Lipinski definition) is 5. The number of aromatic nitrogens is 2. The molecule has 4 rings (SSSR count). The molecule has 136 valence electrons. The smallest absolute Gasteiger partial charge is 0.312 e. The molecule has 1 aliphatic heterocycles. The van der Waals surface area contributed by atoms with Crippen LogP contribution in [0.25, 0.3) is 10.9 Å². The summed E-state index contributed by atoms with van der Waals surface area (Å²) in [4.78, 5) is 44.9. The molecule has 0 spiro atoms. The van der Waals surface area contributed by atoms with Crippen molar-refractivity contribution in [2.24, 2.45) is 5.92 Å². The highest BCUT2D eigenvalue weighted by Gasteiger charge is 2.38. The van der Waals surface area contributed by atoms with E-state index in [0.29, 0.717) is 10.9 Å². The van der Waals surface area contributed by atoms with Crippen molar-refractivity contribution in [1.29, 1.82) is 0 Å². The van der Waals surface area contributed by atoms with Gasteiger partial charge >= 0.3 is 5.97 Å². The number of benzene rings is 2. The average molecular weight is 363 g/mol. The number of nitrogens with zero attached hydrogens (tertiary/aromatic N) is 2. The molecule has 27 heavy (non-hydrogen) atoms. The largest absolute Gasteiger partial charge is 0.460 e. The Kier molecular flexibility index (Phi) is 4.42. The topological polar surface area (TPSA) is 92.4 Å². The minimum Gasteiger partial charge on any atom is -0.460 e. The minimum absolute atomic E-state index is 0.0187. The van der Waals surface area contributed by atoms with Crippen LogP contribution in [0.4, 0.5) is 0 Å². The van der Waals surface area contributed by atoms with Crippen LogP contribution < -0.4 is 5.56 Å². The van der Waals surface area contributed by atoms with Gasteiger partial charge in [-0.05, 0) is 17.7 Å². The van der Waals surface area contributed by atoms with Crippen LogP contribution in [0.3, 0.4) is 0 Å². The summed E-state index contributed by atoms with van der Waals surface area (Å²) in [6.07, 6.45) is 0. The summed E-state index contributed by atoms with van der Waals surface area (Å²) in [6.45, 7) is 0.718. The lowest BCUT2D eigenvalue weighted by Crippen LogP contribution is -2.54. The van der Waals surface area contributed by atoms with Gasteiger partial charge in [0.05, 0.1) is 16.8 Å². The number of H-pyrrole nitrogens is 1. The van der Waals surface area contributed by atoms with Crippen LogP contribution in [0.1, 0.15) is 16.2 Å². The standard InChI is InChI=1S/C20H17N3O4/c24-18-15-8-4-5-9-16(15)21-17(22-18)19(25)23-10-14(11-23)20(26)27-12-13-6-2-1-3-7-13/h1-9,14H,10-12H2,(H,21,22,24). The van der Waals surface area contributed by atoms with Gasteiger partial charge in [-0.1, -0.05) is 42.5 Å². The second kappa shape index (κ2) is 7.03. The minimum atomic E-state index is -0.398. The zero-order valence-electron chi connectivity index (χ0n) is 14.4. The summed E-state index contributed by atoms with van der Waals surface area (Å²) in [5.74, 6) is -1.10. The van der Waals surface area contributed by atoms with Gasteiger partial charge < -0.3 is 14.6 Å². The third-order valence-electron chi connectivity index (χ3n) is 4.54. The molecule has 7 nitrogen and oxygen atoms in total. The number of para-hydroxylation sites is 1. The Bertz CT molecular complexity index is 1060. The lowest BCUT2D eigenvalue weighted by Gasteiger charge is -2.37. The van der Waals surface area contributed by atoms with Crippen molar-refractivity contribution in [3.8, 4) is 0 Å². The van der Waals surface area contributed by atoms with Gasteiger partial charge in [0.2, 0.25) is 0 Å². The average Bonchev–Trinajstić information content (AvgIpc) is 2.66. The van der Waals surface area contributed by atoms with Gasteiger partial charge in [-0.25, -0.2) is 4.98 Å². The van der Waals surface area contributed by atoms with Crippen molar-refractivity contribution < 1.29 is 14.3 Å². The Morgan fingerprint density at radius 1 is 1.07 bits per heavy atom. The number of carbonyl (C=O) groups excluding carboxylic acids is 2. The normalized spacial score (nSPS) is 14.0. The van der Waals surface area contributed by atoms with Gasteiger partial charge in [0.1, 0.15) is 6.61 Å². The van der Waals surface area contributed by atoms with Crippen molar-refractivity contribution in [3.05, 3.63) is 76.3 Å². The summed E-state index contributed by atoms with van der Waals surface area (Å²) < 4.78 is 5.29. The predicted octanol–water partition coefficient (Wildman–Crippen LogP) is 1.74. The van der Waals surface area contributed by atoms with Crippen molar-refractivity contribution in [3.63, 3.8) is 0 Å². The summed E-state index contributed by atoms with van der Waals surface area (Å²) in [7, 11) is 0. The number of ether oxygens (including phenoxy) is 1. The van der Waals surface area contributed by atoms with Gasteiger partial charge in [-0.2, -0.15) is 0 Å². The molecule has 2 aromatic carbocycles. The first-order valence-electron chi connectivity index (χ1n) is 8.61. The van der Waals surface area contributed by atoms with Crippen molar-refractivity contribution in [2.75, 3.05) is 13.1 Å². The van der Waals surface area contributed by atoms with E-state index in [1.54, 1.807) is 24.3 Å². The van der Waals surface area contributed by atoms with Crippen LogP contribution in [-0.2, 0) is 16.1 Å². The fourth-order valence-corrected chi connectivity index (χ4v) is 2.98. The fraction of sp³-hybridized carbons (Fsp3) is 0.200. The molecular weight excluding hydrogens is 346 g/mol. The van der Waals surface area contributed by atoms with Crippen LogP contribution in [0, 0.1) is 5.92 Å². The number of esters is 1. The Morgan fingerprint density at radius 3 is 2.56 bits per heavy atom. The number of nitrogens with one attached hydrogen (secondary N) is 1. The molecule has 0 bridgehead atoms. The quantitative estimate of drug-likeness (QED) is 0.713. The SMILES string of the molecule is O=C(OCc1ccccc1)C1CN(C(=O)c2nc3ccccc3c(=O)[nH]2)C1. The summed E-state index contributed by atoms with van der Waals surface area (Å²) in [6, 6.07) is 16.2. The van der Waals surface area contributed by atoms with Crippen molar-refractivity contribution in [1.82, 2.24) is 14.9 Å². The van der Waals surface area contributed by atoms with Gasteiger partial charge in [-0.3, -0.25) is 14.4 Å². The van der Waals surface area contributed by atoms with Crippen LogP contribution in [0.2, 0.25) is 0 Å². The molecule has 7 heteroatoms. The predicted molar refractivity (Wildman–Crippen MR) is 98.0 cm³/mol. The molecule has 1 amide bonds. The molecule has 0 saturated carbocycles. The highest BCUT2D eigenvalue weighted by molar-refractivity contribution is 5.94. The van der Waals surface area contributed by atoms with Crippen LogP contribution in [0.15, 0.2) is 59.4 Å².